The quantitative estimate of drug-likeness (QED) is 0.756. The van der Waals surface area contributed by atoms with Gasteiger partial charge in [-0.3, -0.25) is 9.48 Å². The molecule has 28 heavy (non-hydrogen) atoms. The minimum absolute atomic E-state index is 0.0305. The zero-order chi connectivity index (χ0) is 19.3. The van der Waals surface area contributed by atoms with Crippen molar-refractivity contribution < 1.29 is 13.6 Å². The number of aryl methyl sites for hydroxylation is 2. The fraction of sp³-hybridized carbons (Fsp3) is 0.350. The fourth-order valence-corrected chi connectivity index (χ4v) is 4.10. The number of halogens is 2. The highest BCUT2D eigenvalue weighted by Crippen LogP contribution is 2.26. The van der Waals surface area contributed by atoms with Crippen LogP contribution in [0, 0.1) is 11.6 Å². The molecule has 2 aliphatic rings. The normalized spacial score (nSPS) is 18.0. The van der Waals surface area contributed by atoms with Crippen molar-refractivity contribution >= 4 is 5.91 Å². The predicted molar refractivity (Wildman–Crippen MR) is 97.7 cm³/mol. The molecule has 0 saturated carbocycles. The smallest absolute Gasteiger partial charge is 0.255 e. The van der Waals surface area contributed by atoms with Crippen molar-refractivity contribution in [3.8, 4) is 11.3 Å². The van der Waals surface area contributed by atoms with Gasteiger partial charge in [-0.05, 0) is 31.4 Å². The van der Waals surface area contributed by atoms with Crippen LogP contribution in [0.4, 0.5) is 8.78 Å². The minimum Gasteiger partial charge on any atom is -0.347 e. The van der Waals surface area contributed by atoms with Gasteiger partial charge in [0.1, 0.15) is 17.5 Å². The molecule has 2 aromatic heterocycles. The van der Waals surface area contributed by atoms with E-state index in [4.69, 9.17) is 0 Å². The number of rotatable bonds is 3. The third-order valence-corrected chi connectivity index (χ3v) is 5.51. The Hall–Kier alpha value is -3.03. The molecule has 6 nitrogen and oxygen atoms in total. The molecule has 1 atom stereocenters. The van der Waals surface area contributed by atoms with Gasteiger partial charge in [0.2, 0.25) is 0 Å². The molecule has 0 fully saturated rings. The second-order valence-electron chi connectivity index (χ2n) is 7.36. The van der Waals surface area contributed by atoms with Crippen LogP contribution in [-0.4, -0.2) is 31.3 Å². The maximum absolute atomic E-state index is 14.1. The number of fused-ring (bicyclic) bond motifs is 2. The first kappa shape index (κ1) is 17.1. The van der Waals surface area contributed by atoms with E-state index in [1.165, 1.54) is 12.1 Å². The second-order valence-corrected chi connectivity index (χ2v) is 7.36. The van der Waals surface area contributed by atoms with Gasteiger partial charge in [-0.2, -0.15) is 5.10 Å². The lowest BCUT2D eigenvalue weighted by molar-refractivity contribution is 0.0926. The van der Waals surface area contributed by atoms with Crippen LogP contribution in [0.1, 0.15) is 34.7 Å². The van der Waals surface area contributed by atoms with E-state index in [1.54, 1.807) is 12.4 Å². The van der Waals surface area contributed by atoms with Gasteiger partial charge in [-0.25, -0.2) is 13.8 Å². The number of hydrogen-bond acceptors (Lipinski definition) is 3. The average Bonchev–Trinajstić information content (AvgIpc) is 3.36. The first-order valence-electron chi connectivity index (χ1n) is 9.45. The largest absolute Gasteiger partial charge is 0.347 e. The minimum atomic E-state index is -0.629. The summed E-state index contributed by atoms with van der Waals surface area (Å²) >= 11 is 0. The molecule has 3 aromatic rings. The van der Waals surface area contributed by atoms with Gasteiger partial charge in [0, 0.05) is 43.4 Å². The standard InChI is InChI=1S/C20H19F2N5O/c21-12-3-5-14(16(22)8-12)17-11-26-10-13(4-6-19(26)25-17)24-20(28)15-9-23-27-7-1-2-18(15)27/h3,5,8-9,11,13H,1-2,4,6-7,10H2,(H,24,28). The first-order chi connectivity index (χ1) is 13.6. The van der Waals surface area contributed by atoms with Crippen LogP contribution in [0.5, 0.6) is 0 Å². The third kappa shape index (κ3) is 2.89. The van der Waals surface area contributed by atoms with Crippen LogP contribution < -0.4 is 5.32 Å². The number of carbonyl (C=O) groups excluding carboxylic acids is 1. The number of hydrogen-bond donors (Lipinski definition) is 1. The van der Waals surface area contributed by atoms with Gasteiger partial charge >= 0.3 is 0 Å². The van der Waals surface area contributed by atoms with Gasteiger partial charge in [0.15, 0.2) is 0 Å². The molecule has 0 bridgehead atoms. The maximum Gasteiger partial charge on any atom is 0.255 e. The molecule has 5 rings (SSSR count). The Bertz CT molecular complexity index is 1070. The molecule has 1 amide bonds. The van der Waals surface area contributed by atoms with Crippen LogP contribution in [0.25, 0.3) is 11.3 Å². The molecule has 0 saturated heterocycles. The fourth-order valence-electron chi connectivity index (χ4n) is 4.10. The van der Waals surface area contributed by atoms with E-state index >= 15 is 0 Å². The second kappa shape index (κ2) is 6.54. The molecule has 144 valence electrons. The van der Waals surface area contributed by atoms with Gasteiger partial charge in [0.25, 0.3) is 5.91 Å². The van der Waals surface area contributed by atoms with Crippen LogP contribution in [0.2, 0.25) is 0 Å². The lowest BCUT2D eigenvalue weighted by atomic mass is 10.1. The lowest BCUT2D eigenvalue weighted by Crippen LogP contribution is -2.41. The summed E-state index contributed by atoms with van der Waals surface area (Å²) in [6, 6.07) is 3.46. The van der Waals surface area contributed by atoms with Gasteiger partial charge in [0.05, 0.1) is 23.1 Å². The summed E-state index contributed by atoms with van der Waals surface area (Å²) in [6.45, 7) is 1.44. The van der Waals surface area contributed by atoms with Crippen LogP contribution >= 0.6 is 0 Å². The molecule has 1 N–H and O–H groups in total. The first-order valence-corrected chi connectivity index (χ1v) is 9.45. The van der Waals surface area contributed by atoms with Crippen molar-refractivity contribution in [2.24, 2.45) is 0 Å². The Morgan fingerprint density at radius 2 is 2.14 bits per heavy atom. The molecule has 1 unspecified atom stereocenters. The summed E-state index contributed by atoms with van der Waals surface area (Å²) in [5, 5.41) is 7.37. The van der Waals surface area contributed by atoms with Gasteiger partial charge in [-0.1, -0.05) is 0 Å². The van der Waals surface area contributed by atoms with Crippen LogP contribution in [-0.2, 0) is 25.9 Å². The highest BCUT2D eigenvalue weighted by atomic mass is 19.1. The highest BCUT2D eigenvalue weighted by Gasteiger charge is 2.26. The van der Waals surface area contributed by atoms with Crippen molar-refractivity contribution in [3.05, 3.63) is 59.3 Å². The Balaban J connectivity index is 1.33. The van der Waals surface area contributed by atoms with E-state index in [-0.39, 0.29) is 17.5 Å². The Labute approximate surface area is 160 Å². The lowest BCUT2D eigenvalue weighted by Gasteiger charge is -2.24. The molecule has 4 heterocycles. The molecular formula is C20H19F2N5O. The summed E-state index contributed by atoms with van der Waals surface area (Å²) < 4.78 is 31.0. The molecular weight excluding hydrogens is 364 g/mol. The number of benzene rings is 1. The Morgan fingerprint density at radius 3 is 3.00 bits per heavy atom. The SMILES string of the molecule is O=C(NC1CCc2nc(-c3ccc(F)cc3F)cn2C1)c1cnn2c1CCC2. The van der Waals surface area contributed by atoms with E-state index in [0.29, 0.717) is 24.2 Å². The molecule has 0 aliphatic carbocycles. The number of amides is 1. The van der Waals surface area contributed by atoms with Gasteiger partial charge < -0.3 is 9.88 Å². The molecule has 0 spiro atoms. The highest BCUT2D eigenvalue weighted by molar-refractivity contribution is 5.95. The van der Waals surface area contributed by atoms with Gasteiger partial charge in [-0.15, -0.1) is 0 Å². The third-order valence-electron chi connectivity index (χ3n) is 5.51. The zero-order valence-corrected chi connectivity index (χ0v) is 15.2. The van der Waals surface area contributed by atoms with Crippen molar-refractivity contribution in [2.45, 2.75) is 44.8 Å². The average molecular weight is 383 g/mol. The number of nitrogens with one attached hydrogen (secondary N) is 1. The van der Waals surface area contributed by atoms with Crippen molar-refractivity contribution in [1.82, 2.24) is 24.6 Å². The van der Waals surface area contributed by atoms with Crippen molar-refractivity contribution in [3.63, 3.8) is 0 Å². The maximum atomic E-state index is 14.1. The summed E-state index contributed by atoms with van der Waals surface area (Å²) in [6.07, 6.45) is 6.75. The summed E-state index contributed by atoms with van der Waals surface area (Å²) in [5.74, 6) is -0.493. The topological polar surface area (TPSA) is 64.7 Å². The van der Waals surface area contributed by atoms with Crippen LogP contribution in [0.3, 0.4) is 0 Å². The van der Waals surface area contributed by atoms with Crippen molar-refractivity contribution in [1.29, 1.82) is 0 Å². The van der Waals surface area contributed by atoms with E-state index in [2.05, 4.69) is 15.4 Å². The van der Waals surface area contributed by atoms with E-state index in [0.717, 1.165) is 43.4 Å². The number of imidazole rings is 1. The summed E-state index contributed by atoms with van der Waals surface area (Å²) in [5.41, 5.74) is 2.42. The van der Waals surface area contributed by atoms with Crippen LogP contribution in [0.15, 0.2) is 30.6 Å². The van der Waals surface area contributed by atoms with E-state index in [1.807, 2.05) is 9.25 Å². The predicted octanol–water partition coefficient (Wildman–Crippen LogP) is 2.72. The van der Waals surface area contributed by atoms with E-state index in [9.17, 15) is 13.6 Å². The molecule has 2 aliphatic heterocycles. The Kier molecular flexibility index (Phi) is 3.99. The molecule has 0 radical (unpaired) electrons. The summed E-state index contributed by atoms with van der Waals surface area (Å²) in [7, 11) is 0. The molecule has 8 heteroatoms. The number of carbonyl (C=O) groups is 1. The number of aromatic nitrogens is 4. The zero-order valence-electron chi connectivity index (χ0n) is 15.2. The monoisotopic (exact) mass is 383 g/mol. The number of nitrogens with zero attached hydrogens (tertiary/aromatic N) is 4. The molecule has 1 aromatic carbocycles. The van der Waals surface area contributed by atoms with E-state index < -0.39 is 11.6 Å². The Morgan fingerprint density at radius 1 is 1.25 bits per heavy atom. The van der Waals surface area contributed by atoms with Crippen molar-refractivity contribution in [2.75, 3.05) is 0 Å². The summed E-state index contributed by atoms with van der Waals surface area (Å²) in [4.78, 5) is 17.2.